The molecule has 24 heavy (non-hydrogen) atoms. The predicted molar refractivity (Wildman–Crippen MR) is 88.1 cm³/mol. The Hall–Kier alpha value is -2.64. The van der Waals surface area contributed by atoms with Crippen molar-refractivity contribution in [3.8, 4) is 0 Å². The summed E-state index contributed by atoms with van der Waals surface area (Å²) in [7, 11) is 0. The van der Waals surface area contributed by atoms with E-state index in [1.165, 1.54) is 12.1 Å². The third kappa shape index (κ3) is 6.23. The molecule has 132 valence electrons. The number of nitro groups is 1. The van der Waals surface area contributed by atoms with Crippen molar-refractivity contribution in [2.75, 3.05) is 5.32 Å². The minimum Gasteiger partial charge on any atom is -0.456 e. The van der Waals surface area contributed by atoms with Crippen molar-refractivity contribution in [1.29, 1.82) is 0 Å². The molecule has 0 aliphatic rings. The van der Waals surface area contributed by atoms with Crippen LogP contribution in [0.4, 0.5) is 16.2 Å². The van der Waals surface area contributed by atoms with Gasteiger partial charge in [0, 0.05) is 6.07 Å². The van der Waals surface area contributed by atoms with Gasteiger partial charge < -0.3 is 9.47 Å². The van der Waals surface area contributed by atoms with Gasteiger partial charge in [-0.05, 0) is 53.7 Å². The quantitative estimate of drug-likeness (QED) is 0.509. The number of carbonyl (C=O) groups is 2. The second-order valence-corrected chi connectivity index (χ2v) is 7.12. The van der Waals surface area contributed by atoms with Gasteiger partial charge >= 0.3 is 12.1 Å². The first-order chi connectivity index (χ1) is 10.8. The van der Waals surface area contributed by atoms with Gasteiger partial charge in [-0.1, -0.05) is 0 Å². The van der Waals surface area contributed by atoms with Crippen LogP contribution < -0.4 is 5.32 Å². The topological polar surface area (TPSA) is 108 Å². The Morgan fingerprint density at radius 1 is 1.04 bits per heavy atom. The highest BCUT2D eigenvalue weighted by atomic mass is 16.6. The molecule has 0 saturated carbocycles. The fraction of sp³-hybridized carbons (Fsp3) is 0.500. The van der Waals surface area contributed by atoms with Gasteiger partial charge in [-0.15, -0.1) is 0 Å². The molecule has 0 atom stereocenters. The van der Waals surface area contributed by atoms with Gasteiger partial charge in [0.05, 0.1) is 10.5 Å². The van der Waals surface area contributed by atoms with Crippen LogP contribution in [0.1, 0.15) is 51.9 Å². The molecule has 0 spiro atoms. The van der Waals surface area contributed by atoms with Crippen molar-refractivity contribution in [2.45, 2.75) is 52.7 Å². The number of esters is 1. The summed E-state index contributed by atoms with van der Waals surface area (Å²) < 4.78 is 10.2. The third-order valence-electron chi connectivity index (χ3n) is 2.46. The summed E-state index contributed by atoms with van der Waals surface area (Å²) in [6.45, 7) is 10.1. The third-order valence-corrected chi connectivity index (χ3v) is 2.46. The van der Waals surface area contributed by atoms with Crippen molar-refractivity contribution in [3.05, 3.63) is 33.9 Å². The molecule has 0 unspecified atom stereocenters. The maximum absolute atomic E-state index is 12.0. The van der Waals surface area contributed by atoms with E-state index in [0.29, 0.717) is 0 Å². The Kier molecular flexibility index (Phi) is 5.54. The van der Waals surface area contributed by atoms with E-state index in [4.69, 9.17) is 9.47 Å². The Balaban J connectivity index is 3.06. The minimum atomic E-state index is -0.824. The number of nitrogens with zero attached hydrogens (tertiary/aromatic N) is 1. The minimum absolute atomic E-state index is 0.0198. The number of benzene rings is 1. The zero-order valence-corrected chi connectivity index (χ0v) is 14.6. The van der Waals surface area contributed by atoms with Crippen molar-refractivity contribution >= 4 is 23.4 Å². The average molecular weight is 338 g/mol. The van der Waals surface area contributed by atoms with E-state index < -0.39 is 33.9 Å². The van der Waals surface area contributed by atoms with Gasteiger partial charge in [0.1, 0.15) is 16.9 Å². The monoisotopic (exact) mass is 338 g/mol. The molecule has 1 rings (SSSR count). The number of anilines is 1. The number of carbonyl (C=O) groups excluding carboxylic acids is 2. The van der Waals surface area contributed by atoms with Gasteiger partial charge in [0.25, 0.3) is 5.69 Å². The number of rotatable bonds is 3. The summed E-state index contributed by atoms with van der Waals surface area (Å²) in [5.74, 6) is -0.686. The number of amides is 1. The predicted octanol–water partition coefficient (Wildman–Crippen LogP) is 3.90. The van der Waals surface area contributed by atoms with Crippen LogP contribution in [0.5, 0.6) is 0 Å². The summed E-state index contributed by atoms with van der Waals surface area (Å²) >= 11 is 0. The first-order valence-corrected chi connectivity index (χ1v) is 7.30. The Morgan fingerprint density at radius 3 is 2.04 bits per heavy atom. The van der Waals surface area contributed by atoms with E-state index in [-0.39, 0.29) is 11.3 Å². The lowest BCUT2D eigenvalue weighted by Crippen LogP contribution is -2.27. The fourth-order valence-electron chi connectivity index (χ4n) is 1.67. The van der Waals surface area contributed by atoms with Crippen molar-refractivity contribution in [2.24, 2.45) is 0 Å². The van der Waals surface area contributed by atoms with E-state index in [9.17, 15) is 19.7 Å². The zero-order valence-electron chi connectivity index (χ0n) is 14.6. The zero-order chi connectivity index (χ0) is 18.7. The average Bonchev–Trinajstić information content (AvgIpc) is 2.34. The van der Waals surface area contributed by atoms with Crippen molar-refractivity contribution in [1.82, 2.24) is 0 Å². The lowest BCUT2D eigenvalue weighted by atomic mass is 10.1. The molecule has 0 aliphatic heterocycles. The van der Waals surface area contributed by atoms with E-state index in [1.54, 1.807) is 41.5 Å². The second-order valence-electron chi connectivity index (χ2n) is 7.12. The molecule has 1 amide bonds. The molecule has 0 aliphatic carbocycles. The number of hydrogen-bond donors (Lipinski definition) is 1. The van der Waals surface area contributed by atoms with Crippen LogP contribution in [0.2, 0.25) is 0 Å². The molecular formula is C16H22N2O6. The van der Waals surface area contributed by atoms with Gasteiger partial charge in [-0.25, -0.2) is 9.59 Å². The first kappa shape index (κ1) is 19.4. The van der Waals surface area contributed by atoms with Gasteiger partial charge in [0.2, 0.25) is 0 Å². The molecule has 8 heteroatoms. The summed E-state index contributed by atoms with van der Waals surface area (Å²) in [4.78, 5) is 34.3. The SMILES string of the molecule is CC(C)(C)OC(=O)Nc1ccc(C(=O)OC(C)(C)C)cc1[N+](=O)[O-]. The van der Waals surface area contributed by atoms with Crippen LogP contribution in [0, 0.1) is 10.1 Å². The largest absolute Gasteiger partial charge is 0.456 e. The lowest BCUT2D eigenvalue weighted by molar-refractivity contribution is -0.384. The van der Waals surface area contributed by atoms with Crippen molar-refractivity contribution < 1.29 is 24.0 Å². The normalized spacial score (nSPS) is 11.6. The molecule has 0 radical (unpaired) electrons. The van der Waals surface area contributed by atoms with Crippen LogP contribution >= 0.6 is 0 Å². The number of nitrogens with one attached hydrogen (secondary N) is 1. The van der Waals surface area contributed by atoms with E-state index in [1.807, 2.05) is 0 Å². The maximum atomic E-state index is 12.0. The Morgan fingerprint density at radius 2 is 1.58 bits per heavy atom. The molecular weight excluding hydrogens is 316 g/mol. The Labute approximate surface area is 140 Å². The molecule has 0 saturated heterocycles. The maximum Gasteiger partial charge on any atom is 0.412 e. The number of nitro benzene ring substituents is 1. The molecule has 0 aromatic heterocycles. The van der Waals surface area contributed by atoms with Crippen LogP contribution in [-0.4, -0.2) is 28.2 Å². The van der Waals surface area contributed by atoms with Crippen LogP contribution in [0.3, 0.4) is 0 Å². The van der Waals surface area contributed by atoms with E-state index >= 15 is 0 Å². The van der Waals surface area contributed by atoms with Crippen LogP contribution in [-0.2, 0) is 9.47 Å². The highest BCUT2D eigenvalue weighted by molar-refractivity contribution is 5.94. The van der Waals surface area contributed by atoms with E-state index in [0.717, 1.165) is 6.07 Å². The fourth-order valence-corrected chi connectivity index (χ4v) is 1.67. The number of hydrogen-bond acceptors (Lipinski definition) is 6. The number of ether oxygens (including phenoxy) is 2. The molecule has 0 bridgehead atoms. The van der Waals surface area contributed by atoms with Crippen molar-refractivity contribution in [3.63, 3.8) is 0 Å². The molecule has 0 heterocycles. The lowest BCUT2D eigenvalue weighted by Gasteiger charge is -2.20. The molecule has 1 aromatic rings. The molecule has 8 nitrogen and oxygen atoms in total. The highest BCUT2D eigenvalue weighted by Gasteiger charge is 2.24. The summed E-state index contributed by atoms with van der Waals surface area (Å²) in [6, 6.07) is 3.66. The Bertz CT molecular complexity index is 656. The van der Waals surface area contributed by atoms with Crippen LogP contribution in [0.25, 0.3) is 0 Å². The van der Waals surface area contributed by atoms with Crippen LogP contribution in [0.15, 0.2) is 18.2 Å². The molecule has 0 fully saturated rings. The van der Waals surface area contributed by atoms with Gasteiger partial charge in [0.15, 0.2) is 0 Å². The van der Waals surface area contributed by atoms with Gasteiger partial charge in [-0.2, -0.15) is 0 Å². The molecule has 1 aromatic carbocycles. The first-order valence-electron chi connectivity index (χ1n) is 7.30. The summed E-state index contributed by atoms with van der Waals surface area (Å²) in [6.07, 6.45) is -0.824. The second kappa shape index (κ2) is 6.86. The van der Waals surface area contributed by atoms with Gasteiger partial charge in [-0.3, -0.25) is 15.4 Å². The highest BCUT2D eigenvalue weighted by Crippen LogP contribution is 2.27. The smallest absolute Gasteiger partial charge is 0.412 e. The standard InChI is InChI=1S/C16H22N2O6/c1-15(2,3)23-13(19)10-7-8-11(12(9-10)18(21)22)17-14(20)24-16(4,5)6/h7-9H,1-6H3,(H,17,20). The molecule has 1 N–H and O–H groups in total. The summed E-state index contributed by atoms with van der Waals surface area (Å²) in [5.41, 5.74) is -1.94. The van der Waals surface area contributed by atoms with E-state index in [2.05, 4.69) is 5.32 Å². The summed E-state index contributed by atoms with van der Waals surface area (Å²) in [5, 5.41) is 13.5.